The Hall–Kier alpha value is -3.58. The van der Waals surface area contributed by atoms with Gasteiger partial charge in [0.05, 0.1) is 36.9 Å². The summed E-state index contributed by atoms with van der Waals surface area (Å²) in [5, 5.41) is 2.84. The number of nitrogens with one attached hydrogen (secondary N) is 1. The van der Waals surface area contributed by atoms with Gasteiger partial charge in [-0.2, -0.15) is 0 Å². The number of hydrogen-bond donors (Lipinski definition) is 1. The third kappa shape index (κ3) is 4.64. The van der Waals surface area contributed by atoms with Crippen molar-refractivity contribution in [1.82, 2.24) is 0 Å². The van der Waals surface area contributed by atoms with Crippen molar-refractivity contribution < 1.29 is 23.5 Å². The molecule has 33 heavy (non-hydrogen) atoms. The van der Waals surface area contributed by atoms with Crippen LogP contribution in [0.3, 0.4) is 0 Å². The number of rotatable bonds is 6. The molecule has 170 valence electrons. The van der Waals surface area contributed by atoms with E-state index in [1.165, 1.54) is 12.1 Å². The lowest BCUT2D eigenvalue weighted by Gasteiger charge is -2.28. The quantitative estimate of drug-likeness (QED) is 0.538. The van der Waals surface area contributed by atoms with Gasteiger partial charge in [-0.15, -0.1) is 0 Å². The third-order valence-electron chi connectivity index (χ3n) is 5.66. The van der Waals surface area contributed by atoms with E-state index in [0.717, 1.165) is 11.6 Å². The predicted molar refractivity (Wildman–Crippen MR) is 124 cm³/mol. The van der Waals surface area contributed by atoms with Crippen LogP contribution in [0.15, 0.2) is 66.7 Å². The van der Waals surface area contributed by atoms with Crippen LogP contribution in [0, 0.1) is 11.7 Å². The maximum absolute atomic E-state index is 13.4. The van der Waals surface area contributed by atoms with Gasteiger partial charge in [-0.1, -0.05) is 23.7 Å². The highest BCUT2D eigenvalue weighted by atomic mass is 35.5. The molecule has 0 bridgehead atoms. The Balaban J connectivity index is 1.71. The van der Waals surface area contributed by atoms with Crippen molar-refractivity contribution in [2.75, 3.05) is 24.4 Å². The molecule has 3 aromatic rings. The van der Waals surface area contributed by atoms with Crippen LogP contribution in [0.5, 0.6) is 11.5 Å². The Morgan fingerprint density at radius 2 is 1.61 bits per heavy atom. The van der Waals surface area contributed by atoms with E-state index in [2.05, 4.69) is 5.32 Å². The molecule has 2 amide bonds. The first kappa shape index (κ1) is 22.6. The van der Waals surface area contributed by atoms with Gasteiger partial charge in [0.25, 0.3) is 0 Å². The lowest BCUT2D eigenvalue weighted by atomic mass is 9.92. The van der Waals surface area contributed by atoms with Gasteiger partial charge in [-0.05, 0) is 60.2 Å². The smallest absolute Gasteiger partial charge is 0.230 e. The number of carbonyl (C=O) groups is 2. The zero-order valence-electron chi connectivity index (χ0n) is 18.0. The van der Waals surface area contributed by atoms with Crippen molar-refractivity contribution in [3.63, 3.8) is 0 Å². The second kappa shape index (κ2) is 9.50. The van der Waals surface area contributed by atoms with E-state index in [0.29, 0.717) is 17.2 Å². The summed E-state index contributed by atoms with van der Waals surface area (Å²) in [4.78, 5) is 28.0. The average molecular weight is 469 g/mol. The topological polar surface area (TPSA) is 67.9 Å². The fraction of sp³-hybridized carbons (Fsp3) is 0.200. The summed E-state index contributed by atoms with van der Waals surface area (Å²) < 4.78 is 23.9. The molecule has 1 N–H and O–H groups in total. The number of hydrogen-bond acceptors (Lipinski definition) is 4. The number of methoxy groups -OCH3 is 2. The minimum absolute atomic E-state index is 0.00731. The van der Waals surface area contributed by atoms with Gasteiger partial charge in [0.15, 0.2) is 0 Å². The van der Waals surface area contributed by atoms with Crippen LogP contribution in [0.4, 0.5) is 15.8 Å². The van der Waals surface area contributed by atoms with Gasteiger partial charge < -0.3 is 19.7 Å². The number of ether oxygens (including phenoxy) is 2. The van der Waals surface area contributed by atoms with E-state index in [4.69, 9.17) is 21.1 Å². The first-order valence-electron chi connectivity index (χ1n) is 10.3. The van der Waals surface area contributed by atoms with Crippen LogP contribution in [0.1, 0.15) is 18.0 Å². The highest BCUT2D eigenvalue weighted by molar-refractivity contribution is 6.33. The summed E-state index contributed by atoms with van der Waals surface area (Å²) >= 11 is 6.09. The van der Waals surface area contributed by atoms with Crippen LogP contribution in [0.25, 0.3) is 0 Å². The Morgan fingerprint density at radius 3 is 2.18 bits per heavy atom. The van der Waals surface area contributed by atoms with Gasteiger partial charge in [-0.3, -0.25) is 9.59 Å². The Kier molecular flexibility index (Phi) is 6.51. The number of benzene rings is 3. The van der Waals surface area contributed by atoms with Crippen LogP contribution in [0.2, 0.25) is 5.02 Å². The minimum atomic E-state index is -0.700. The third-order valence-corrected chi connectivity index (χ3v) is 5.97. The number of carbonyl (C=O) groups excluding carboxylic acids is 2. The molecular weight excluding hydrogens is 447 g/mol. The molecule has 0 radical (unpaired) electrons. The molecule has 1 aliphatic rings. The van der Waals surface area contributed by atoms with E-state index >= 15 is 0 Å². The van der Waals surface area contributed by atoms with Gasteiger partial charge in [0.1, 0.15) is 17.3 Å². The monoisotopic (exact) mass is 468 g/mol. The van der Waals surface area contributed by atoms with Gasteiger partial charge in [-0.25, -0.2) is 4.39 Å². The molecule has 0 aliphatic carbocycles. The first-order chi connectivity index (χ1) is 15.9. The molecule has 3 aromatic carbocycles. The lowest BCUT2D eigenvalue weighted by Crippen LogP contribution is -2.32. The fourth-order valence-corrected chi connectivity index (χ4v) is 4.23. The SMILES string of the molecule is COc1ccc([C@@H]2[C@@H](C(=O)Nc3ccc(F)cc3Cl)CC(=O)N2c2ccc(OC)cc2)cc1. The molecule has 0 unspecified atom stereocenters. The van der Waals surface area contributed by atoms with Crippen molar-refractivity contribution in [1.29, 1.82) is 0 Å². The summed E-state index contributed by atoms with van der Waals surface area (Å²) in [6.07, 6.45) is 0.00731. The number of nitrogens with zero attached hydrogens (tertiary/aromatic N) is 1. The van der Waals surface area contributed by atoms with Crippen molar-refractivity contribution in [3.05, 3.63) is 83.1 Å². The standard InChI is InChI=1S/C25H22ClFN2O4/c1-32-18-8-3-15(4-9-18)24-20(25(31)28-22-12-5-16(27)13-21(22)26)14-23(30)29(24)17-6-10-19(33-2)11-7-17/h3-13,20,24H,14H2,1-2H3,(H,28,31)/t20-,24+/m0/s1. The summed E-state index contributed by atoms with van der Waals surface area (Å²) in [5.74, 6) is -0.449. The molecule has 1 heterocycles. The number of anilines is 2. The van der Waals surface area contributed by atoms with Gasteiger partial charge in [0.2, 0.25) is 11.8 Å². The minimum Gasteiger partial charge on any atom is -0.497 e. The largest absolute Gasteiger partial charge is 0.497 e. The summed E-state index contributed by atoms with van der Waals surface area (Å²) in [6.45, 7) is 0. The molecule has 6 nitrogen and oxygen atoms in total. The highest BCUT2D eigenvalue weighted by Crippen LogP contribution is 2.43. The molecule has 1 fully saturated rings. The van der Waals surface area contributed by atoms with E-state index in [9.17, 15) is 14.0 Å². The maximum Gasteiger partial charge on any atom is 0.230 e. The molecule has 0 saturated carbocycles. The van der Waals surface area contributed by atoms with Gasteiger partial charge >= 0.3 is 0 Å². The van der Waals surface area contributed by atoms with Crippen LogP contribution in [-0.4, -0.2) is 26.0 Å². The second-order valence-corrected chi connectivity index (χ2v) is 8.01. The fourth-order valence-electron chi connectivity index (χ4n) is 4.02. The molecule has 8 heteroatoms. The molecule has 0 spiro atoms. The van der Waals surface area contributed by atoms with Crippen LogP contribution >= 0.6 is 11.6 Å². The Morgan fingerprint density at radius 1 is 1.00 bits per heavy atom. The van der Waals surface area contributed by atoms with E-state index in [1.54, 1.807) is 55.5 Å². The van der Waals surface area contributed by atoms with Gasteiger partial charge in [0, 0.05) is 12.1 Å². The molecule has 0 aromatic heterocycles. The number of halogens is 2. The second-order valence-electron chi connectivity index (χ2n) is 7.60. The molecule has 4 rings (SSSR count). The number of amides is 2. The molecule has 1 aliphatic heterocycles. The molecule has 2 atom stereocenters. The average Bonchev–Trinajstić information content (AvgIpc) is 3.18. The van der Waals surface area contributed by atoms with Crippen molar-refractivity contribution in [2.45, 2.75) is 12.5 Å². The normalized spacial score (nSPS) is 17.7. The molecular formula is C25H22ClFN2O4. The van der Waals surface area contributed by atoms with Crippen LogP contribution in [-0.2, 0) is 9.59 Å². The Bertz CT molecular complexity index is 1170. The summed E-state index contributed by atoms with van der Waals surface area (Å²) in [5.41, 5.74) is 1.71. The lowest BCUT2D eigenvalue weighted by molar-refractivity contribution is -0.122. The van der Waals surface area contributed by atoms with E-state index in [1.807, 2.05) is 12.1 Å². The predicted octanol–water partition coefficient (Wildman–Crippen LogP) is 5.23. The zero-order chi connectivity index (χ0) is 23.5. The van der Waals surface area contributed by atoms with Crippen molar-refractivity contribution >= 4 is 34.8 Å². The summed E-state index contributed by atoms with van der Waals surface area (Å²) in [6, 6.07) is 17.5. The Labute approximate surface area is 195 Å². The first-order valence-corrected chi connectivity index (χ1v) is 10.6. The zero-order valence-corrected chi connectivity index (χ0v) is 18.8. The van der Waals surface area contributed by atoms with E-state index < -0.39 is 17.8 Å². The summed E-state index contributed by atoms with van der Waals surface area (Å²) in [7, 11) is 3.14. The molecule has 1 saturated heterocycles. The maximum atomic E-state index is 13.4. The van der Waals surface area contributed by atoms with Crippen molar-refractivity contribution in [2.24, 2.45) is 5.92 Å². The van der Waals surface area contributed by atoms with Crippen molar-refractivity contribution in [3.8, 4) is 11.5 Å². The highest BCUT2D eigenvalue weighted by Gasteiger charge is 2.45. The van der Waals surface area contributed by atoms with E-state index in [-0.39, 0.29) is 28.9 Å². The van der Waals surface area contributed by atoms with Crippen LogP contribution < -0.4 is 19.7 Å².